The average Bonchev–Trinajstić information content (AvgIpc) is 3.61. The van der Waals surface area contributed by atoms with E-state index in [-0.39, 0.29) is 0 Å². The molecule has 0 aliphatic carbocycles. The molecule has 6 rings (SSSR count). The fraction of sp³-hybridized carbons (Fsp3) is 0.148. The van der Waals surface area contributed by atoms with Crippen LogP contribution < -0.4 is 9.64 Å². The highest BCUT2D eigenvalue weighted by atomic mass is 16.5. The highest BCUT2D eigenvalue weighted by molar-refractivity contribution is 5.80. The molecule has 0 bridgehead atoms. The Kier molecular flexibility index (Phi) is 5.97. The van der Waals surface area contributed by atoms with Crippen LogP contribution >= 0.6 is 0 Å². The van der Waals surface area contributed by atoms with Crippen molar-refractivity contribution < 1.29 is 9.84 Å². The summed E-state index contributed by atoms with van der Waals surface area (Å²) in [6, 6.07) is 23.9. The minimum Gasteiger partial charge on any atom is -0.508 e. The summed E-state index contributed by atoms with van der Waals surface area (Å²) in [5, 5.41) is 10.7. The third kappa shape index (κ3) is 5.01. The number of rotatable bonds is 5. The van der Waals surface area contributed by atoms with E-state index < -0.39 is 0 Å². The van der Waals surface area contributed by atoms with E-state index in [4.69, 9.17) is 4.74 Å². The van der Waals surface area contributed by atoms with Crippen LogP contribution in [0.25, 0.3) is 10.9 Å². The summed E-state index contributed by atoms with van der Waals surface area (Å²) in [6.45, 7) is 2.42. The Labute approximate surface area is 192 Å². The summed E-state index contributed by atoms with van der Waals surface area (Å²) in [5.41, 5.74) is 5.82. The Hall–Kier alpha value is -4.19. The molecule has 1 aliphatic rings. The first-order valence-electron chi connectivity index (χ1n) is 11.0. The van der Waals surface area contributed by atoms with Gasteiger partial charge in [-0.3, -0.25) is 0 Å². The summed E-state index contributed by atoms with van der Waals surface area (Å²) < 4.78 is 5.75. The Bertz CT molecular complexity index is 1310. The van der Waals surface area contributed by atoms with Crippen LogP contribution in [0.3, 0.4) is 0 Å². The van der Waals surface area contributed by atoms with Crippen LogP contribution in [-0.2, 0) is 19.6 Å². The molecule has 3 aromatic carbocycles. The summed E-state index contributed by atoms with van der Waals surface area (Å²) in [4.78, 5) is 12.5. The molecular formula is C27H26N4O2. The number of hydrogen-bond donors (Lipinski definition) is 3. The molecule has 0 saturated heterocycles. The molecule has 5 aromatic rings. The first-order valence-corrected chi connectivity index (χ1v) is 11.0. The van der Waals surface area contributed by atoms with E-state index in [9.17, 15) is 5.11 Å². The molecule has 0 atom stereocenters. The molecule has 1 aliphatic heterocycles. The number of ether oxygens (including phenoxy) is 1. The summed E-state index contributed by atoms with van der Waals surface area (Å²) in [5.74, 6) is 1.22. The van der Waals surface area contributed by atoms with E-state index in [1.165, 1.54) is 16.5 Å². The topological polar surface area (TPSA) is 77.2 Å². The lowest BCUT2D eigenvalue weighted by Crippen LogP contribution is -2.19. The van der Waals surface area contributed by atoms with Crippen LogP contribution in [0.15, 0.2) is 91.5 Å². The van der Waals surface area contributed by atoms with Crippen LogP contribution in [0.5, 0.6) is 11.5 Å². The SMILES string of the molecule is Oc1ccc2c(c1)N(Cc1cnc[nH]1)CC2.c1ccc(COc2ccc3cc[nH]c3c2)cc1. The number of fused-ring (bicyclic) bond motifs is 2. The lowest BCUT2D eigenvalue weighted by molar-refractivity contribution is 0.306. The first kappa shape index (κ1) is 20.7. The van der Waals surface area contributed by atoms with Crippen LogP contribution in [0, 0.1) is 0 Å². The fourth-order valence-corrected chi connectivity index (χ4v) is 4.03. The second-order valence-electron chi connectivity index (χ2n) is 8.06. The Balaban J connectivity index is 0.000000139. The van der Waals surface area contributed by atoms with Crippen molar-refractivity contribution in [1.82, 2.24) is 15.0 Å². The van der Waals surface area contributed by atoms with Crippen LogP contribution in [0.4, 0.5) is 5.69 Å². The van der Waals surface area contributed by atoms with Crippen molar-refractivity contribution in [2.75, 3.05) is 11.4 Å². The minimum absolute atomic E-state index is 0.329. The largest absolute Gasteiger partial charge is 0.508 e. The lowest BCUT2D eigenvalue weighted by atomic mass is 10.1. The Morgan fingerprint density at radius 3 is 2.73 bits per heavy atom. The number of aromatic amines is 2. The number of hydrogen-bond acceptors (Lipinski definition) is 4. The smallest absolute Gasteiger partial charge is 0.121 e. The van der Waals surface area contributed by atoms with Crippen molar-refractivity contribution in [2.45, 2.75) is 19.6 Å². The number of aromatic nitrogens is 3. The average molecular weight is 439 g/mol. The predicted octanol–water partition coefficient (Wildman–Crippen LogP) is 5.42. The van der Waals surface area contributed by atoms with Gasteiger partial charge in [0, 0.05) is 42.3 Å². The number of phenols is 1. The Morgan fingerprint density at radius 1 is 0.970 bits per heavy atom. The van der Waals surface area contributed by atoms with Gasteiger partial charge in [-0.05, 0) is 47.2 Å². The number of H-pyrrole nitrogens is 2. The van der Waals surface area contributed by atoms with Crippen molar-refractivity contribution >= 4 is 16.6 Å². The van der Waals surface area contributed by atoms with Gasteiger partial charge < -0.3 is 24.7 Å². The molecule has 3 N–H and O–H groups in total. The number of nitrogens with one attached hydrogen (secondary N) is 2. The molecule has 166 valence electrons. The molecule has 33 heavy (non-hydrogen) atoms. The zero-order valence-corrected chi connectivity index (χ0v) is 18.2. The molecule has 0 radical (unpaired) electrons. The normalized spacial score (nSPS) is 12.3. The molecule has 0 spiro atoms. The van der Waals surface area contributed by atoms with Gasteiger partial charge in [0.25, 0.3) is 0 Å². The number of imidazole rings is 1. The van der Waals surface area contributed by atoms with Gasteiger partial charge in [0.15, 0.2) is 0 Å². The standard InChI is InChI=1S/C15H13NO.C12H13N3O/c1-2-4-12(5-3-1)11-17-14-7-6-13-8-9-16-15(13)10-14;16-11-2-1-9-3-4-15(12(9)5-11)7-10-6-13-8-14-10/h1-10,16H,11H2;1-2,5-6,8,16H,3-4,7H2,(H,13,14). The number of benzene rings is 3. The van der Waals surface area contributed by atoms with Crippen LogP contribution in [0.1, 0.15) is 16.8 Å². The monoisotopic (exact) mass is 438 g/mol. The van der Waals surface area contributed by atoms with E-state index in [1.807, 2.05) is 54.9 Å². The Morgan fingerprint density at radius 2 is 1.88 bits per heavy atom. The second kappa shape index (κ2) is 9.53. The third-order valence-electron chi connectivity index (χ3n) is 5.75. The quantitative estimate of drug-likeness (QED) is 0.342. The van der Waals surface area contributed by atoms with Gasteiger partial charge in [-0.15, -0.1) is 0 Å². The van der Waals surface area contributed by atoms with Gasteiger partial charge in [0.1, 0.15) is 18.1 Å². The summed E-state index contributed by atoms with van der Waals surface area (Å²) in [6.07, 6.45) is 6.50. The molecule has 0 unspecified atom stereocenters. The van der Waals surface area contributed by atoms with Crippen molar-refractivity contribution in [3.05, 3.63) is 108 Å². The summed E-state index contributed by atoms with van der Waals surface area (Å²) in [7, 11) is 0. The van der Waals surface area contributed by atoms with E-state index in [1.54, 1.807) is 12.4 Å². The van der Waals surface area contributed by atoms with Crippen molar-refractivity contribution in [2.24, 2.45) is 0 Å². The van der Waals surface area contributed by atoms with Gasteiger partial charge in [0.2, 0.25) is 0 Å². The van der Waals surface area contributed by atoms with Gasteiger partial charge in [-0.2, -0.15) is 0 Å². The first-order chi connectivity index (χ1) is 16.2. The molecule has 3 heterocycles. The maximum Gasteiger partial charge on any atom is 0.121 e. The summed E-state index contributed by atoms with van der Waals surface area (Å²) >= 11 is 0. The van der Waals surface area contributed by atoms with Gasteiger partial charge in [-0.1, -0.05) is 36.4 Å². The fourth-order valence-electron chi connectivity index (χ4n) is 4.03. The molecule has 0 saturated carbocycles. The van der Waals surface area contributed by atoms with Crippen molar-refractivity contribution in [3.8, 4) is 11.5 Å². The second-order valence-corrected chi connectivity index (χ2v) is 8.06. The minimum atomic E-state index is 0.329. The molecule has 2 aromatic heterocycles. The van der Waals surface area contributed by atoms with E-state index in [0.29, 0.717) is 12.4 Å². The molecular weight excluding hydrogens is 412 g/mol. The zero-order valence-electron chi connectivity index (χ0n) is 18.2. The predicted molar refractivity (Wildman–Crippen MR) is 131 cm³/mol. The molecule has 6 heteroatoms. The highest BCUT2D eigenvalue weighted by Gasteiger charge is 2.19. The van der Waals surface area contributed by atoms with Gasteiger partial charge >= 0.3 is 0 Å². The van der Waals surface area contributed by atoms with E-state index >= 15 is 0 Å². The zero-order chi connectivity index (χ0) is 22.5. The number of anilines is 1. The highest BCUT2D eigenvalue weighted by Crippen LogP contribution is 2.32. The molecule has 0 fully saturated rings. The molecule has 0 amide bonds. The number of phenolic OH excluding ortho intramolecular Hbond substituents is 1. The number of aromatic hydroxyl groups is 1. The van der Waals surface area contributed by atoms with Gasteiger partial charge in [-0.25, -0.2) is 4.98 Å². The van der Waals surface area contributed by atoms with Crippen molar-refractivity contribution in [1.29, 1.82) is 0 Å². The van der Waals surface area contributed by atoms with Crippen LogP contribution in [0.2, 0.25) is 0 Å². The molecule has 6 nitrogen and oxygen atoms in total. The van der Waals surface area contributed by atoms with Crippen LogP contribution in [-0.4, -0.2) is 26.6 Å². The van der Waals surface area contributed by atoms with E-state index in [0.717, 1.165) is 42.2 Å². The van der Waals surface area contributed by atoms with Crippen molar-refractivity contribution in [3.63, 3.8) is 0 Å². The van der Waals surface area contributed by atoms with Gasteiger partial charge in [0.05, 0.1) is 18.6 Å². The maximum atomic E-state index is 9.49. The lowest BCUT2D eigenvalue weighted by Gasteiger charge is -2.18. The third-order valence-corrected chi connectivity index (χ3v) is 5.75. The number of nitrogens with zero attached hydrogens (tertiary/aromatic N) is 2. The van der Waals surface area contributed by atoms with E-state index in [2.05, 4.69) is 44.1 Å². The maximum absolute atomic E-state index is 9.49.